The van der Waals surface area contributed by atoms with E-state index in [-0.39, 0.29) is 5.75 Å². The molecule has 0 spiro atoms. The van der Waals surface area contributed by atoms with Gasteiger partial charge in [0.2, 0.25) is 0 Å². The molecule has 1 heterocycles. The molecule has 0 N–H and O–H groups in total. The maximum absolute atomic E-state index is 12.2. The zero-order valence-electron chi connectivity index (χ0n) is 12.3. The normalized spacial score (nSPS) is 14.1. The number of hydrogen-bond donors (Lipinski definition) is 0. The minimum absolute atomic E-state index is 0.236. The van der Waals surface area contributed by atoms with E-state index in [1.807, 2.05) is 35.2 Å². The number of benzene rings is 2. The monoisotopic (exact) mass is 321 g/mol. The first-order chi connectivity index (χ1) is 11.0. The topological polar surface area (TPSA) is 21.7 Å². The highest BCUT2D eigenvalue weighted by Gasteiger charge is 2.31. The van der Waals surface area contributed by atoms with Crippen LogP contribution in [0.25, 0.3) is 5.76 Å². The average molecular weight is 321 g/mol. The van der Waals surface area contributed by atoms with Crippen molar-refractivity contribution in [3.05, 3.63) is 60.2 Å². The van der Waals surface area contributed by atoms with Crippen molar-refractivity contribution in [2.75, 3.05) is 18.6 Å². The summed E-state index contributed by atoms with van der Waals surface area (Å²) in [5.74, 6) is 0.550. The summed E-state index contributed by atoms with van der Waals surface area (Å²) in [7, 11) is 1.61. The van der Waals surface area contributed by atoms with Gasteiger partial charge in [-0.05, 0) is 42.5 Å². The summed E-state index contributed by atoms with van der Waals surface area (Å²) in [5.41, 5.74) is 2.66. The third-order valence-electron chi connectivity index (χ3n) is 3.52. The van der Waals surface area contributed by atoms with Crippen LogP contribution in [-0.2, 0) is 4.74 Å². The highest BCUT2D eigenvalue weighted by Crippen LogP contribution is 2.37. The molecule has 0 unspecified atom stereocenters. The molecule has 0 amide bonds. The second-order valence-corrected chi connectivity index (χ2v) is 4.94. The molecule has 23 heavy (non-hydrogen) atoms. The lowest BCUT2D eigenvalue weighted by atomic mass is 10.0. The van der Waals surface area contributed by atoms with Gasteiger partial charge < -0.3 is 14.4 Å². The van der Waals surface area contributed by atoms with Gasteiger partial charge in [0.25, 0.3) is 0 Å². The first kappa shape index (κ1) is 15.3. The van der Waals surface area contributed by atoms with Crippen molar-refractivity contribution in [3.8, 4) is 5.75 Å². The molecular formula is C17H14F3NO2. The Hall–Kier alpha value is -2.63. The molecule has 0 bridgehead atoms. The summed E-state index contributed by atoms with van der Waals surface area (Å²) in [6.07, 6.45) is -2.75. The number of halogens is 3. The first-order valence-electron chi connectivity index (χ1n) is 6.95. The van der Waals surface area contributed by atoms with Gasteiger partial charge in [-0.25, -0.2) is 0 Å². The summed E-state index contributed by atoms with van der Waals surface area (Å²) >= 11 is 0. The highest BCUT2D eigenvalue weighted by molar-refractivity contribution is 5.81. The third kappa shape index (κ3) is 3.26. The molecule has 6 heteroatoms. The van der Waals surface area contributed by atoms with Crippen molar-refractivity contribution in [1.82, 2.24) is 0 Å². The molecule has 0 aromatic heterocycles. The number of nitrogens with zero attached hydrogens (tertiary/aromatic N) is 1. The molecule has 2 aromatic carbocycles. The average Bonchev–Trinajstić information content (AvgIpc) is 2.53. The molecule has 0 saturated carbocycles. The maximum atomic E-state index is 12.2. The number of anilines is 2. The Morgan fingerprint density at radius 2 is 1.70 bits per heavy atom. The molecule has 1 aliphatic heterocycles. The molecule has 1 aliphatic rings. The number of methoxy groups -OCH3 is 1. The van der Waals surface area contributed by atoms with Crippen molar-refractivity contribution < 1.29 is 22.6 Å². The van der Waals surface area contributed by atoms with Crippen LogP contribution in [0.3, 0.4) is 0 Å². The molecule has 0 aliphatic carbocycles. The standard InChI is InChI=1S/C17H14F3NO2/c1-22-16-10-11-21(15-5-3-2-4-14(15)16)12-6-8-13(9-7-12)23-17(18,19)20/h2-10H,11H2,1H3. The predicted molar refractivity (Wildman–Crippen MR) is 81.6 cm³/mol. The summed E-state index contributed by atoms with van der Waals surface area (Å²) in [5, 5.41) is 0. The fraction of sp³-hybridized carbons (Fsp3) is 0.176. The van der Waals surface area contributed by atoms with Gasteiger partial charge in [-0.2, -0.15) is 0 Å². The molecule has 2 aromatic rings. The SMILES string of the molecule is COC1=CCN(c2ccc(OC(F)(F)F)cc2)c2ccccc21. The van der Waals surface area contributed by atoms with Gasteiger partial charge in [0.15, 0.2) is 0 Å². The van der Waals surface area contributed by atoms with Gasteiger partial charge in [-0.3, -0.25) is 0 Å². The second-order valence-electron chi connectivity index (χ2n) is 4.94. The lowest BCUT2D eigenvalue weighted by Crippen LogP contribution is -2.22. The van der Waals surface area contributed by atoms with Crippen molar-refractivity contribution in [1.29, 1.82) is 0 Å². The van der Waals surface area contributed by atoms with Gasteiger partial charge in [-0.1, -0.05) is 12.1 Å². The van der Waals surface area contributed by atoms with E-state index in [1.165, 1.54) is 12.1 Å². The minimum atomic E-state index is -4.69. The van der Waals surface area contributed by atoms with Gasteiger partial charge in [-0.15, -0.1) is 13.2 Å². The predicted octanol–water partition coefficient (Wildman–Crippen LogP) is 4.72. The van der Waals surface area contributed by atoms with E-state index in [2.05, 4.69) is 4.74 Å². The third-order valence-corrected chi connectivity index (χ3v) is 3.52. The van der Waals surface area contributed by atoms with Gasteiger partial charge in [0.1, 0.15) is 11.5 Å². The molecule has 120 valence electrons. The number of fused-ring (bicyclic) bond motifs is 1. The number of para-hydroxylation sites is 1. The molecule has 3 rings (SSSR count). The van der Waals surface area contributed by atoms with Crippen molar-refractivity contribution in [2.45, 2.75) is 6.36 Å². The minimum Gasteiger partial charge on any atom is -0.496 e. The van der Waals surface area contributed by atoms with Gasteiger partial charge >= 0.3 is 6.36 Å². The van der Waals surface area contributed by atoms with E-state index in [0.29, 0.717) is 6.54 Å². The van der Waals surface area contributed by atoms with E-state index in [1.54, 1.807) is 19.2 Å². The maximum Gasteiger partial charge on any atom is 0.573 e. The Morgan fingerprint density at radius 3 is 2.35 bits per heavy atom. The molecule has 3 nitrogen and oxygen atoms in total. The highest BCUT2D eigenvalue weighted by atomic mass is 19.4. The van der Waals surface area contributed by atoms with Crippen LogP contribution in [0.1, 0.15) is 5.56 Å². The van der Waals surface area contributed by atoms with Crippen molar-refractivity contribution in [2.24, 2.45) is 0 Å². The smallest absolute Gasteiger partial charge is 0.496 e. The van der Waals surface area contributed by atoms with E-state index in [4.69, 9.17) is 4.74 Å². The fourth-order valence-corrected chi connectivity index (χ4v) is 2.57. The van der Waals surface area contributed by atoms with Crippen LogP contribution in [0.5, 0.6) is 5.75 Å². The number of alkyl halides is 3. The quantitative estimate of drug-likeness (QED) is 0.816. The van der Waals surface area contributed by atoms with Crippen LogP contribution < -0.4 is 9.64 Å². The summed E-state index contributed by atoms with van der Waals surface area (Å²) < 4.78 is 45.9. The van der Waals surface area contributed by atoms with Crippen molar-refractivity contribution >= 4 is 17.1 Å². The Morgan fingerprint density at radius 1 is 1.00 bits per heavy atom. The largest absolute Gasteiger partial charge is 0.573 e. The lowest BCUT2D eigenvalue weighted by molar-refractivity contribution is -0.274. The summed E-state index contributed by atoms with van der Waals surface area (Å²) in [4.78, 5) is 2.00. The van der Waals surface area contributed by atoms with Crippen molar-refractivity contribution in [3.63, 3.8) is 0 Å². The van der Waals surface area contributed by atoms with Crippen LogP contribution in [0, 0.1) is 0 Å². The molecule has 0 atom stereocenters. The number of ether oxygens (including phenoxy) is 2. The second kappa shape index (κ2) is 5.87. The molecule has 0 fully saturated rings. The Labute approximate surface area is 131 Å². The molecular weight excluding hydrogens is 307 g/mol. The number of hydrogen-bond acceptors (Lipinski definition) is 3. The van der Waals surface area contributed by atoms with Crippen LogP contribution in [-0.4, -0.2) is 20.0 Å². The van der Waals surface area contributed by atoms with Crippen LogP contribution in [0.4, 0.5) is 24.5 Å². The summed E-state index contributed by atoms with van der Waals surface area (Å²) in [6, 6.07) is 13.5. The lowest BCUT2D eigenvalue weighted by Gasteiger charge is -2.30. The first-order valence-corrected chi connectivity index (χ1v) is 6.95. The fourth-order valence-electron chi connectivity index (χ4n) is 2.57. The van der Waals surface area contributed by atoms with E-state index >= 15 is 0 Å². The molecule has 0 radical (unpaired) electrons. The Bertz CT molecular complexity index is 723. The van der Waals surface area contributed by atoms with Crippen LogP contribution in [0.15, 0.2) is 54.6 Å². The van der Waals surface area contributed by atoms with Gasteiger partial charge in [0.05, 0.1) is 12.8 Å². The zero-order valence-corrected chi connectivity index (χ0v) is 12.3. The van der Waals surface area contributed by atoms with Crippen LogP contribution >= 0.6 is 0 Å². The zero-order chi connectivity index (χ0) is 16.4. The van der Waals surface area contributed by atoms with Gasteiger partial charge in [0, 0.05) is 17.8 Å². The number of rotatable bonds is 3. The summed E-state index contributed by atoms with van der Waals surface area (Å²) in [6.45, 7) is 0.569. The van der Waals surface area contributed by atoms with E-state index < -0.39 is 6.36 Å². The van der Waals surface area contributed by atoms with E-state index in [9.17, 15) is 13.2 Å². The Balaban J connectivity index is 1.90. The van der Waals surface area contributed by atoms with Crippen LogP contribution in [0.2, 0.25) is 0 Å². The van der Waals surface area contributed by atoms with E-state index in [0.717, 1.165) is 22.7 Å². The Kier molecular flexibility index (Phi) is 3.90. The molecule has 0 saturated heterocycles.